The first kappa shape index (κ1) is 17.4. The molecule has 124 valence electrons. The van der Waals surface area contributed by atoms with Gasteiger partial charge in [0.25, 0.3) is 0 Å². The van der Waals surface area contributed by atoms with Gasteiger partial charge in [-0.15, -0.1) is 11.8 Å². The number of thioether (sulfide) groups is 1. The number of benzene rings is 1. The summed E-state index contributed by atoms with van der Waals surface area (Å²) < 4.78 is 39.9. The van der Waals surface area contributed by atoms with Crippen molar-refractivity contribution in [1.82, 2.24) is 9.78 Å². The monoisotopic (exact) mass is 343 g/mol. The van der Waals surface area contributed by atoms with Crippen LogP contribution in [-0.2, 0) is 6.18 Å². The van der Waals surface area contributed by atoms with E-state index in [1.54, 1.807) is 13.8 Å². The van der Waals surface area contributed by atoms with Gasteiger partial charge in [-0.1, -0.05) is 23.4 Å². The molecular weight excluding hydrogens is 327 g/mol. The standard InChI is InChI=1S/C15H16F3N3OS/c1-10(2)21-13(8-14(19-21)15(16,17)18)12(20-22)9-23-11-6-4-3-5-7-11/h3-8,10,22H,9H2,1-2H3/b20-12+. The molecule has 1 aromatic heterocycles. The maximum atomic E-state index is 12.9. The highest BCUT2D eigenvalue weighted by molar-refractivity contribution is 8.00. The Morgan fingerprint density at radius 1 is 1.30 bits per heavy atom. The molecule has 0 saturated heterocycles. The number of aromatic nitrogens is 2. The van der Waals surface area contributed by atoms with E-state index in [0.717, 1.165) is 11.0 Å². The number of rotatable bonds is 5. The zero-order valence-electron chi connectivity index (χ0n) is 12.6. The summed E-state index contributed by atoms with van der Waals surface area (Å²) in [5.74, 6) is 0.232. The molecule has 1 N–H and O–H groups in total. The smallest absolute Gasteiger partial charge is 0.411 e. The van der Waals surface area contributed by atoms with Crippen LogP contribution in [0.5, 0.6) is 0 Å². The average Bonchev–Trinajstić information content (AvgIpc) is 2.94. The van der Waals surface area contributed by atoms with Gasteiger partial charge in [-0.3, -0.25) is 4.68 Å². The molecule has 2 aromatic rings. The molecule has 0 amide bonds. The van der Waals surface area contributed by atoms with Crippen LogP contribution in [0.25, 0.3) is 0 Å². The molecule has 23 heavy (non-hydrogen) atoms. The Balaban J connectivity index is 2.28. The lowest BCUT2D eigenvalue weighted by atomic mass is 10.2. The third-order valence-electron chi connectivity index (χ3n) is 3.05. The highest BCUT2D eigenvalue weighted by atomic mass is 32.2. The van der Waals surface area contributed by atoms with E-state index in [4.69, 9.17) is 0 Å². The Labute approximate surface area is 136 Å². The van der Waals surface area contributed by atoms with Crippen molar-refractivity contribution in [3.05, 3.63) is 47.8 Å². The average molecular weight is 343 g/mol. The molecule has 0 radical (unpaired) electrons. The number of hydrogen-bond acceptors (Lipinski definition) is 4. The van der Waals surface area contributed by atoms with E-state index >= 15 is 0 Å². The van der Waals surface area contributed by atoms with Gasteiger partial charge in [0.2, 0.25) is 0 Å². The Morgan fingerprint density at radius 3 is 2.48 bits per heavy atom. The zero-order chi connectivity index (χ0) is 17.0. The van der Waals surface area contributed by atoms with Crippen LogP contribution in [-0.4, -0.2) is 26.5 Å². The summed E-state index contributed by atoms with van der Waals surface area (Å²) >= 11 is 1.37. The molecule has 2 rings (SSSR count). The molecule has 0 bridgehead atoms. The topological polar surface area (TPSA) is 50.4 Å². The molecule has 0 spiro atoms. The van der Waals surface area contributed by atoms with E-state index in [1.807, 2.05) is 30.3 Å². The minimum atomic E-state index is -4.54. The predicted molar refractivity (Wildman–Crippen MR) is 83.1 cm³/mol. The quantitative estimate of drug-likeness (QED) is 0.378. The molecule has 1 heterocycles. The van der Waals surface area contributed by atoms with Gasteiger partial charge in [0.1, 0.15) is 5.71 Å². The van der Waals surface area contributed by atoms with E-state index in [0.29, 0.717) is 0 Å². The van der Waals surface area contributed by atoms with Crippen LogP contribution in [0, 0.1) is 0 Å². The van der Waals surface area contributed by atoms with E-state index in [9.17, 15) is 18.4 Å². The highest BCUT2D eigenvalue weighted by Gasteiger charge is 2.35. The van der Waals surface area contributed by atoms with Gasteiger partial charge in [-0.05, 0) is 32.0 Å². The van der Waals surface area contributed by atoms with E-state index in [2.05, 4.69) is 10.3 Å². The van der Waals surface area contributed by atoms with E-state index in [-0.39, 0.29) is 23.2 Å². The maximum Gasteiger partial charge on any atom is 0.435 e. The van der Waals surface area contributed by atoms with Gasteiger partial charge >= 0.3 is 6.18 Å². The summed E-state index contributed by atoms with van der Waals surface area (Å²) in [7, 11) is 0. The summed E-state index contributed by atoms with van der Waals surface area (Å²) in [6.45, 7) is 3.44. The number of alkyl halides is 3. The SMILES string of the molecule is CC(C)n1nc(C(F)(F)F)cc1/C(CSc1ccccc1)=N/O. The summed E-state index contributed by atoms with van der Waals surface area (Å²) in [5, 5.41) is 16.0. The Hall–Kier alpha value is -1.96. The summed E-state index contributed by atoms with van der Waals surface area (Å²) in [5.41, 5.74) is -0.680. The van der Waals surface area contributed by atoms with Gasteiger partial charge in [0.15, 0.2) is 5.69 Å². The van der Waals surface area contributed by atoms with Crippen LogP contribution >= 0.6 is 11.8 Å². The fourth-order valence-corrected chi connectivity index (χ4v) is 2.82. The minimum Gasteiger partial charge on any atom is -0.411 e. The summed E-state index contributed by atoms with van der Waals surface area (Å²) in [4.78, 5) is 0.931. The van der Waals surface area contributed by atoms with Gasteiger partial charge in [0.05, 0.1) is 5.69 Å². The van der Waals surface area contributed by atoms with Crippen LogP contribution in [0.3, 0.4) is 0 Å². The summed E-state index contributed by atoms with van der Waals surface area (Å²) in [6.07, 6.45) is -4.54. The van der Waals surface area contributed by atoms with Crippen molar-refractivity contribution in [2.75, 3.05) is 5.75 Å². The van der Waals surface area contributed by atoms with Crippen LogP contribution in [0.2, 0.25) is 0 Å². The summed E-state index contributed by atoms with van der Waals surface area (Å²) in [6, 6.07) is 9.96. The molecular formula is C15H16F3N3OS. The van der Waals surface area contributed by atoms with Gasteiger partial charge in [-0.2, -0.15) is 18.3 Å². The fraction of sp³-hybridized carbons (Fsp3) is 0.333. The van der Waals surface area contributed by atoms with Crippen molar-refractivity contribution in [2.45, 2.75) is 31.0 Å². The molecule has 0 aliphatic carbocycles. The van der Waals surface area contributed by atoms with Crippen molar-refractivity contribution in [3.8, 4) is 0 Å². The van der Waals surface area contributed by atoms with Crippen molar-refractivity contribution < 1.29 is 18.4 Å². The van der Waals surface area contributed by atoms with E-state index in [1.165, 1.54) is 16.4 Å². The largest absolute Gasteiger partial charge is 0.435 e. The zero-order valence-corrected chi connectivity index (χ0v) is 13.4. The fourth-order valence-electron chi connectivity index (χ4n) is 1.96. The normalized spacial score (nSPS) is 12.9. The minimum absolute atomic E-state index is 0.149. The first-order valence-electron chi connectivity index (χ1n) is 6.89. The molecule has 8 heteroatoms. The molecule has 0 atom stereocenters. The van der Waals surface area contributed by atoms with E-state index < -0.39 is 11.9 Å². The lowest BCUT2D eigenvalue weighted by Crippen LogP contribution is -2.15. The number of nitrogens with zero attached hydrogens (tertiary/aromatic N) is 3. The lowest BCUT2D eigenvalue weighted by Gasteiger charge is -2.11. The van der Waals surface area contributed by atoms with Crippen molar-refractivity contribution in [2.24, 2.45) is 5.16 Å². The predicted octanol–water partition coefficient (Wildman–Crippen LogP) is 4.45. The molecule has 0 aliphatic heterocycles. The van der Waals surface area contributed by atoms with Gasteiger partial charge in [-0.25, -0.2) is 0 Å². The Morgan fingerprint density at radius 2 is 1.96 bits per heavy atom. The Bertz CT molecular complexity index is 681. The molecule has 0 aliphatic rings. The molecule has 0 fully saturated rings. The number of oxime groups is 1. The Kier molecular flexibility index (Phi) is 5.35. The third kappa shape index (κ3) is 4.28. The second-order valence-electron chi connectivity index (χ2n) is 5.10. The first-order valence-corrected chi connectivity index (χ1v) is 7.87. The van der Waals surface area contributed by atoms with Crippen molar-refractivity contribution in [3.63, 3.8) is 0 Å². The van der Waals surface area contributed by atoms with Gasteiger partial charge < -0.3 is 5.21 Å². The van der Waals surface area contributed by atoms with Crippen LogP contribution in [0.1, 0.15) is 31.3 Å². The lowest BCUT2D eigenvalue weighted by molar-refractivity contribution is -0.141. The molecule has 0 saturated carbocycles. The number of hydrogen-bond donors (Lipinski definition) is 1. The third-order valence-corrected chi connectivity index (χ3v) is 4.07. The maximum absolute atomic E-state index is 12.9. The van der Waals surface area contributed by atoms with Crippen LogP contribution in [0.4, 0.5) is 13.2 Å². The second kappa shape index (κ2) is 7.08. The van der Waals surface area contributed by atoms with Crippen LogP contribution in [0.15, 0.2) is 46.4 Å². The molecule has 0 unspecified atom stereocenters. The molecule has 4 nitrogen and oxygen atoms in total. The number of halogens is 3. The van der Waals surface area contributed by atoms with Crippen molar-refractivity contribution in [1.29, 1.82) is 0 Å². The highest BCUT2D eigenvalue weighted by Crippen LogP contribution is 2.30. The van der Waals surface area contributed by atoms with Gasteiger partial charge in [0, 0.05) is 16.7 Å². The molecule has 1 aromatic carbocycles. The van der Waals surface area contributed by atoms with Crippen molar-refractivity contribution >= 4 is 17.5 Å². The van der Waals surface area contributed by atoms with Crippen LogP contribution < -0.4 is 0 Å². The second-order valence-corrected chi connectivity index (χ2v) is 6.15. The first-order chi connectivity index (χ1) is 10.8.